The number of hydrogen-bond donors (Lipinski definition) is 1. The lowest BCUT2D eigenvalue weighted by molar-refractivity contribution is 0.276. The second-order valence-electron chi connectivity index (χ2n) is 3.78. The van der Waals surface area contributed by atoms with E-state index in [4.69, 9.17) is 5.11 Å². The van der Waals surface area contributed by atoms with Crippen LogP contribution in [0.2, 0.25) is 0 Å². The fraction of sp³-hybridized carbons (Fsp3) is 0.778. The van der Waals surface area contributed by atoms with Crippen LogP contribution in [-0.4, -0.2) is 51.3 Å². The number of aliphatic hydroxyl groups is 1. The summed E-state index contributed by atoms with van der Waals surface area (Å²) in [6.45, 7) is 1.84. The lowest BCUT2D eigenvalue weighted by Crippen LogP contribution is -2.24. The molecule has 1 saturated heterocycles. The maximum absolute atomic E-state index is 12.1. The van der Waals surface area contributed by atoms with Gasteiger partial charge in [-0.05, 0) is 6.42 Å². The smallest absolute Gasteiger partial charge is 0.108 e. The van der Waals surface area contributed by atoms with E-state index in [2.05, 4.69) is 15.2 Å². The molecule has 1 fully saturated rings. The minimum absolute atomic E-state index is 0.0824. The molecule has 2 heterocycles. The number of nitrogens with zero attached hydrogens (tertiary/aromatic N) is 4. The minimum Gasteiger partial charge on any atom is -0.390 e. The molecule has 0 spiro atoms. The summed E-state index contributed by atoms with van der Waals surface area (Å²) in [5.41, 5.74) is 0.582. The van der Waals surface area contributed by atoms with Crippen LogP contribution < -0.4 is 0 Å². The van der Waals surface area contributed by atoms with Gasteiger partial charge in [-0.1, -0.05) is 5.21 Å². The number of aliphatic hydroxyl groups excluding tert-OH is 1. The van der Waals surface area contributed by atoms with Crippen LogP contribution in [0.1, 0.15) is 18.2 Å². The minimum atomic E-state index is -0.300. The Morgan fingerprint density at radius 3 is 3.13 bits per heavy atom. The Morgan fingerprint density at radius 2 is 2.47 bits per heavy atom. The summed E-state index contributed by atoms with van der Waals surface area (Å²) in [5, 5.41) is 16.6. The summed E-state index contributed by atoms with van der Waals surface area (Å²) in [5.74, 6) is 0. The first kappa shape index (κ1) is 10.5. The molecule has 0 bridgehead atoms. The Bertz CT molecular complexity index is 317. The van der Waals surface area contributed by atoms with Gasteiger partial charge in [-0.15, -0.1) is 5.10 Å². The van der Waals surface area contributed by atoms with Gasteiger partial charge in [0, 0.05) is 19.6 Å². The predicted octanol–water partition coefficient (Wildman–Crippen LogP) is -0.0133. The molecule has 5 nitrogen and oxygen atoms in total. The summed E-state index contributed by atoms with van der Waals surface area (Å²) >= 11 is 0. The summed E-state index contributed by atoms with van der Waals surface area (Å²) in [6, 6.07) is 0.268. The number of rotatable bonds is 4. The Hall–Kier alpha value is -1.01. The zero-order chi connectivity index (χ0) is 10.7. The molecule has 0 aromatic carbocycles. The average Bonchev–Trinajstić information content (AvgIpc) is 2.85. The fourth-order valence-corrected chi connectivity index (χ4v) is 1.92. The Labute approximate surface area is 87.5 Å². The first-order valence-electron chi connectivity index (χ1n) is 5.13. The van der Waals surface area contributed by atoms with Crippen LogP contribution in [0.5, 0.6) is 0 Å². The van der Waals surface area contributed by atoms with Crippen molar-refractivity contribution in [2.45, 2.75) is 19.1 Å². The highest BCUT2D eigenvalue weighted by atomic mass is 19.1. The molecule has 0 amide bonds. The molecule has 1 aromatic heterocycles. The third-order valence-corrected chi connectivity index (χ3v) is 2.74. The standard InChI is InChI=1S/C9H15FN4O/c10-2-4-13-3-1-9(6-13)14-5-8(7-15)11-12-14/h5,9,15H,1-4,6-7H2/t9-/m1/s1. The molecule has 1 aliphatic heterocycles. The van der Waals surface area contributed by atoms with E-state index in [0.29, 0.717) is 12.2 Å². The predicted molar refractivity (Wildman–Crippen MR) is 52.0 cm³/mol. The third-order valence-electron chi connectivity index (χ3n) is 2.74. The highest BCUT2D eigenvalue weighted by Crippen LogP contribution is 2.20. The number of likely N-dealkylation sites (tertiary alicyclic amines) is 1. The van der Waals surface area contributed by atoms with Gasteiger partial charge in [0.05, 0.1) is 18.8 Å². The van der Waals surface area contributed by atoms with Crippen LogP contribution >= 0.6 is 0 Å². The fourth-order valence-electron chi connectivity index (χ4n) is 1.92. The summed E-state index contributed by atoms with van der Waals surface area (Å²) in [4.78, 5) is 2.07. The van der Waals surface area contributed by atoms with Gasteiger partial charge in [-0.25, -0.2) is 9.07 Å². The van der Waals surface area contributed by atoms with Crippen molar-refractivity contribution in [2.75, 3.05) is 26.3 Å². The Balaban J connectivity index is 1.95. The van der Waals surface area contributed by atoms with E-state index in [0.717, 1.165) is 19.5 Å². The zero-order valence-electron chi connectivity index (χ0n) is 8.51. The topological polar surface area (TPSA) is 54.2 Å². The van der Waals surface area contributed by atoms with Crippen LogP contribution in [-0.2, 0) is 6.61 Å². The molecular formula is C9H15FN4O. The first-order chi connectivity index (χ1) is 7.33. The van der Waals surface area contributed by atoms with E-state index in [1.54, 1.807) is 10.9 Å². The molecule has 2 rings (SSSR count). The van der Waals surface area contributed by atoms with Crippen LogP contribution in [0.15, 0.2) is 6.20 Å². The molecule has 0 radical (unpaired) electrons. The maximum Gasteiger partial charge on any atom is 0.108 e. The molecule has 1 N–H and O–H groups in total. The molecule has 1 atom stereocenters. The average molecular weight is 214 g/mol. The summed E-state index contributed by atoms with van der Waals surface area (Å²) in [7, 11) is 0. The largest absolute Gasteiger partial charge is 0.390 e. The highest BCUT2D eigenvalue weighted by Gasteiger charge is 2.24. The monoisotopic (exact) mass is 214 g/mol. The van der Waals surface area contributed by atoms with Gasteiger partial charge in [-0.2, -0.15) is 0 Å². The number of hydrogen-bond acceptors (Lipinski definition) is 4. The lowest BCUT2D eigenvalue weighted by Gasteiger charge is -2.13. The van der Waals surface area contributed by atoms with E-state index in [9.17, 15) is 4.39 Å². The normalized spacial score (nSPS) is 22.4. The number of aromatic nitrogens is 3. The molecule has 1 aliphatic rings. The van der Waals surface area contributed by atoms with Crippen LogP contribution in [0, 0.1) is 0 Å². The van der Waals surface area contributed by atoms with Gasteiger partial charge in [0.2, 0.25) is 0 Å². The van der Waals surface area contributed by atoms with Gasteiger partial charge < -0.3 is 5.11 Å². The number of halogens is 1. The van der Waals surface area contributed by atoms with Gasteiger partial charge in [-0.3, -0.25) is 4.90 Å². The van der Waals surface area contributed by atoms with Gasteiger partial charge in [0.25, 0.3) is 0 Å². The van der Waals surface area contributed by atoms with Crippen LogP contribution in [0.25, 0.3) is 0 Å². The first-order valence-corrected chi connectivity index (χ1v) is 5.13. The lowest BCUT2D eigenvalue weighted by atomic mass is 10.3. The van der Waals surface area contributed by atoms with Crippen molar-refractivity contribution >= 4 is 0 Å². The van der Waals surface area contributed by atoms with Crippen molar-refractivity contribution in [2.24, 2.45) is 0 Å². The van der Waals surface area contributed by atoms with Gasteiger partial charge in [0.15, 0.2) is 0 Å². The van der Waals surface area contributed by atoms with Crippen molar-refractivity contribution < 1.29 is 9.50 Å². The van der Waals surface area contributed by atoms with E-state index >= 15 is 0 Å². The highest BCUT2D eigenvalue weighted by molar-refractivity contribution is 4.92. The summed E-state index contributed by atoms with van der Waals surface area (Å²) < 4.78 is 13.9. The van der Waals surface area contributed by atoms with E-state index < -0.39 is 0 Å². The van der Waals surface area contributed by atoms with Crippen molar-refractivity contribution in [1.29, 1.82) is 0 Å². The van der Waals surface area contributed by atoms with Crippen molar-refractivity contribution in [3.8, 4) is 0 Å². The van der Waals surface area contributed by atoms with Crippen molar-refractivity contribution in [3.63, 3.8) is 0 Å². The van der Waals surface area contributed by atoms with Crippen LogP contribution in [0.3, 0.4) is 0 Å². The van der Waals surface area contributed by atoms with Crippen LogP contribution in [0.4, 0.5) is 4.39 Å². The molecule has 0 saturated carbocycles. The Kier molecular flexibility index (Phi) is 3.27. The molecule has 6 heteroatoms. The zero-order valence-corrected chi connectivity index (χ0v) is 8.51. The van der Waals surface area contributed by atoms with E-state index in [-0.39, 0.29) is 19.3 Å². The SMILES string of the molecule is OCc1cn([C@@H]2CCN(CCF)C2)nn1. The molecule has 1 aromatic rings. The van der Waals surface area contributed by atoms with Gasteiger partial charge >= 0.3 is 0 Å². The van der Waals surface area contributed by atoms with Crippen molar-refractivity contribution in [1.82, 2.24) is 19.9 Å². The molecule has 0 aliphatic carbocycles. The van der Waals surface area contributed by atoms with Crippen molar-refractivity contribution in [3.05, 3.63) is 11.9 Å². The van der Waals surface area contributed by atoms with E-state index in [1.165, 1.54) is 0 Å². The quantitative estimate of drug-likeness (QED) is 0.765. The molecule has 84 valence electrons. The molecular weight excluding hydrogens is 199 g/mol. The number of alkyl halides is 1. The summed E-state index contributed by atoms with van der Waals surface area (Å²) in [6.07, 6.45) is 2.72. The maximum atomic E-state index is 12.1. The second-order valence-corrected chi connectivity index (χ2v) is 3.78. The molecule has 15 heavy (non-hydrogen) atoms. The Morgan fingerprint density at radius 1 is 1.60 bits per heavy atom. The second kappa shape index (κ2) is 4.67. The molecule has 0 unspecified atom stereocenters. The third kappa shape index (κ3) is 2.32. The van der Waals surface area contributed by atoms with Gasteiger partial charge in [0.1, 0.15) is 12.4 Å². The van der Waals surface area contributed by atoms with E-state index in [1.807, 2.05) is 0 Å².